The van der Waals surface area contributed by atoms with E-state index in [0.717, 1.165) is 32.9 Å². The highest BCUT2D eigenvalue weighted by molar-refractivity contribution is 14.1. The number of halogens is 1. The molecule has 2 rings (SSSR count). The van der Waals surface area contributed by atoms with Crippen LogP contribution in [0.3, 0.4) is 0 Å². The summed E-state index contributed by atoms with van der Waals surface area (Å²) in [6.07, 6.45) is 1.61. The molecular formula is C19H24INO3. The van der Waals surface area contributed by atoms with Crippen LogP contribution in [0, 0.1) is 3.57 Å². The maximum atomic E-state index is 12.1. The number of carbonyl (C=O) groups is 1. The van der Waals surface area contributed by atoms with Crippen LogP contribution in [0.4, 0.5) is 10.5 Å². The zero-order valence-electron chi connectivity index (χ0n) is 14.6. The molecule has 0 aromatic heterocycles. The Kier molecular flexibility index (Phi) is 6.32. The van der Waals surface area contributed by atoms with Crippen molar-refractivity contribution in [2.45, 2.75) is 46.1 Å². The van der Waals surface area contributed by atoms with E-state index in [4.69, 9.17) is 9.47 Å². The molecule has 2 aromatic carbocycles. The largest absolute Gasteiger partial charge is 0.493 e. The van der Waals surface area contributed by atoms with E-state index in [9.17, 15) is 4.79 Å². The summed E-state index contributed by atoms with van der Waals surface area (Å²) in [7, 11) is 0. The van der Waals surface area contributed by atoms with Crippen molar-refractivity contribution in [1.82, 2.24) is 0 Å². The second-order valence-corrected chi connectivity index (χ2v) is 7.69. The normalized spacial score (nSPS) is 11.4. The number of ether oxygens (including phenoxy) is 2. The molecule has 1 N–H and O–H groups in total. The average Bonchev–Trinajstić information content (AvgIpc) is 2.50. The molecule has 0 bridgehead atoms. The summed E-state index contributed by atoms with van der Waals surface area (Å²) >= 11 is 2.25. The lowest BCUT2D eigenvalue weighted by molar-refractivity contribution is 0.0636. The van der Waals surface area contributed by atoms with E-state index in [0.29, 0.717) is 12.3 Å². The molecule has 0 unspecified atom stereocenters. The topological polar surface area (TPSA) is 47.6 Å². The summed E-state index contributed by atoms with van der Waals surface area (Å²) in [5, 5.41) is 4.94. The highest BCUT2D eigenvalue weighted by Gasteiger charge is 2.18. The highest BCUT2D eigenvalue weighted by Crippen LogP contribution is 2.35. The first-order valence-electron chi connectivity index (χ1n) is 8.16. The van der Waals surface area contributed by atoms with Gasteiger partial charge in [0.25, 0.3) is 0 Å². The molecule has 0 spiro atoms. The molecule has 0 radical (unpaired) electrons. The number of fused-ring (bicyclic) bond motifs is 1. The van der Waals surface area contributed by atoms with Gasteiger partial charge in [0.2, 0.25) is 0 Å². The Morgan fingerprint density at radius 1 is 1.21 bits per heavy atom. The van der Waals surface area contributed by atoms with Crippen LogP contribution in [0.1, 0.15) is 40.5 Å². The molecule has 2 aromatic rings. The van der Waals surface area contributed by atoms with Gasteiger partial charge in [-0.2, -0.15) is 0 Å². The zero-order valence-corrected chi connectivity index (χ0v) is 16.8. The molecule has 130 valence electrons. The summed E-state index contributed by atoms with van der Waals surface area (Å²) in [6.45, 7) is 8.32. The fourth-order valence-corrected chi connectivity index (χ4v) is 3.02. The lowest BCUT2D eigenvalue weighted by Crippen LogP contribution is -2.27. The van der Waals surface area contributed by atoms with Crippen LogP contribution >= 0.6 is 22.6 Å². The Bertz CT molecular complexity index is 722. The van der Waals surface area contributed by atoms with Gasteiger partial charge in [-0.05, 0) is 49.8 Å². The predicted octanol–water partition coefficient (Wildman–Crippen LogP) is 5.97. The van der Waals surface area contributed by atoms with Gasteiger partial charge in [0.1, 0.15) is 11.4 Å². The van der Waals surface area contributed by atoms with E-state index in [-0.39, 0.29) is 0 Å². The van der Waals surface area contributed by atoms with Gasteiger partial charge < -0.3 is 9.47 Å². The lowest BCUT2D eigenvalue weighted by atomic mass is 10.1. The maximum Gasteiger partial charge on any atom is 0.412 e. The highest BCUT2D eigenvalue weighted by atomic mass is 127. The molecule has 0 aliphatic carbocycles. The van der Waals surface area contributed by atoms with Gasteiger partial charge >= 0.3 is 6.09 Å². The van der Waals surface area contributed by atoms with Crippen LogP contribution in [0.25, 0.3) is 10.8 Å². The van der Waals surface area contributed by atoms with Crippen molar-refractivity contribution < 1.29 is 14.3 Å². The number of nitrogens with one attached hydrogen (secondary N) is 1. The van der Waals surface area contributed by atoms with E-state index >= 15 is 0 Å². The van der Waals surface area contributed by atoms with Gasteiger partial charge in [0, 0.05) is 20.4 Å². The second-order valence-electron chi connectivity index (χ2n) is 6.61. The number of hydrogen-bond acceptors (Lipinski definition) is 3. The minimum Gasteiger partial charge on any atom is -0.493 e. The third kappa shape index (κ3) is 5.00. The third-order valence-electron chi connectivity index (χ3n) is 3.33. The number of unbranched alkanes of at least 4 members (excludes halogenated alkanes) is 1. The molecule has 0 fully saturated rings. The minimum absolute atomic E-state index is 0.463. The van der Waals surface area contributed by atoms with Crippen LogP contribution in [0.5, 0.6) is 5.75 Å². The monoisotopic (exact) mass is 441 g/mol. The quantitative estimate of drug-likeness (QED) is 0.460. The first-order valence-corrected chi connectivity index (χ1v) is 9.23. The molecule has 1 amide bonds. The summed E-state index contributed by atoms with van der Waals surface area (Å²) in [5.41, 5.74) is 0.169. The SMILES string of the molecule is CCCCOc1cc(NC(=O)OC(C)(C)C)c(I)c2ccccc12. The van der Waals surface area contributed by atoms with Crippen LogP contribution < -0.4 is 10.1 Å². The molecular weight excluding hydrogens is 417 g/mol. The van der Waals surface area contributed by atoms with E-state index in [1.54, 1.807) is 0 Å². The van der Waals surface area contributed by atoms with Crippen molar-refractivity contribution in [2.24, 2.45) is 0 Å². The Morgan fingerprint density at radius 3 is 2.50 bits per heavy atom. The summed E-state index contributed by atoms with van der Waals surface area (Å²) in [6, 6.07) is 9.92. The molecule has 0 heterocycles. The van der Waals surface area contributed by atoms with Crippen LogP contribution in [0.2, 0.25) is 0 Å². The van der Waals surface area contributed by atoms with Crippen molar-refractivity contribution in [3.63, 3.8) is 0 Å². The van der Waals surface area contributed by atoms with Crippen molar-refractivity contribution in [2.75, 3.05) is 11.9 Å². The van der Waals surface area contributed by atoms with Gasteiger partial charge in [0.05, 0.1) is 12.3 Å². The molecule has 0 saturated heterocycles. The van der Waals surface area contributed by atoms with Gasteiger partial charge in [-0.15, -0.1) is 0 Å². The van der Waals surface area contributed by atoms with Gasteiger partial charge in [-0.25, -0.2) is 4.79 Å². The standard InChI is InChI=1S/C19H24INO3/c1-5-6-11-23-16-12-15(21-18(22)24-19(2,3)4)17(20)14-10-8-7-9-13(14)16/h7-10,12H,5-6,11H2,1-4H3,(H,21,22). The Hall–Kier alpha value is -1.50. The van der Waals surface area contributed by atoms with Crippen molar-refractivity contribution in [3.8, 4) is 5.75 Å². The fourth-order valence-electron chi connectivity index (χ4n) is 2.26. The smallest absolute Gasteiger partial charge is 0.412 e. The van der Waals surface area contributed by atoms with Crippen LogP contribution in [-0.4, -0.2) is 18.3 Å². The van der Waals surface area contributed by atoms with E-state index in [1.807, 2.05) is 51.1 Å². The minimum atomic E-state index is -0.535. The molecule has 0 atom stereocenters. The molecule has 4 nitrogen and oxygen atoms in total. The summed E-state index contributed by atoms with van der Waals surface area (Å²) in [4.78, 5) is 12.1. The first kappa shape index (κ1) is 18.8. The van der Waals surface area contributed by atoms with Crippen molar-refractivity contribution in [3.05, 3.63) is 33.9 Å². The summed E-state index contributed by atoms with van der Waals surface area (Å²) < 4.78 is 12.3. The lowest BCUT2D eigenvalue weighted by Gasteiger charge is -2.21. The second kappa shape index (κ2) is 8.05. The molecule has 0 saturated carbocycles. The molecule has 0 aliphatic rings. The molecule has 0 aliphatic heterocycles. The Balaban J connectivity index is 2.35. The predicted molar refractivity (Wildman–Crippen MR) is 107 cm³/mol. The third-order valence-corrected chi connectivity index (χ3v) is 4.49. The van der Waals surface area contributed by atoms with Crippen molar-refractivity contribution >= 4 is 45.1 Å². The van der Waals surface area contributed by atoms with Gasteiger partial charge in [-0.1, -0.05) is 37.6 Å². The summed E-state index contributed by atoms with van der Waals surface area (Å²) in [5.74, 6) is 0.783. The first-order chi connectivity index (χ1) is 11.3. The fraction of sp³-hybridized carbons (Fsp3) is 0.421. The number of rotatable bonds is 5. The average molecular weight is 441 g/mol. The van der Waals surface area contributed by atoms with Gasteiger partial charge in [0.15, 0.2) is 0 Å². The van der Waals surface area contributed by atoms with Crippen LogP contribution in [0.15, 0.2) is 30.3 Å². The number of hydrogen-bond donors (Lipinski definition) is 1. The number of anilines is 1. The Labute approximate surface area is 157 Å². The molecule has 5 heteroatoms. The van der Waals surface area contributed by atoms with E-state index in [2.05, 4.69) is 34.8 Å². The molecule has 24 heavy (non-hydrogen) atoms. The Morgan fingerprint density at radius 2 is 1.88 bits per heavy atom. The van der Waals surface area contributed by atoms with Gasteiger partial charge in [-0.3, -0.25) is 5.32 Å². The zero-order chi connectivity index (χ0) is 17.7. The van der Waals surface area contributed by atoms with E-state index < -0.39 is 11.7 Å². The van der Waals surface area contributed by atoms with Crippen molar-refractivity contribution in [1.29, 1.82) is 0 Å². The number of carbonyl (C=O) groups excluding carboxylic acids is 1. The van der Waals surface area contributed by atoms with E-state index in [1.165, 1.54) is 0 Å². The number of benzene rings is 2. The van der Waals surface area contributed by atoms with Crippen LogP contribution in [-0.2, 0) is 4.74 Å². The maximum absolute atomic E-state index is 12.1. The number of amides is 1.